The standard InChI is InChI=1S/C19H13NO2/c1-11-6-8-15-12(10-11)7-9-16(20-15)17-18(21)13-4-2-3-5-14(13)19(17)22/h2-10,20H,1H3. The van der Waals surface area contributed by atoms with E-state index in [0.717, 1.165) is 11.3 Å². The first-order valence-electron chi connectivity index (χ1n) is 7.13. The number of allylic oxidation sites excluding steroid dienone is 2. The van der Waals surface area contributed by atoms with Crippen LogP contribution < -0.4 is 5.32 Å². The van der Waals surface area contributed by atoms with Gasteiger partial charge in [-0.2, -0.15) is 0 Å². The number of carbonyl (C=O) groups excluding carboxylic acids is 2. The van der Waals surface area contributed by atoms with E-state index in [2.05, 4.69) is 11.4 Å². The topological polar surface area (TPSA) is 46.2 Å². The Balaban J connectivity index is 1.84. The van der Waals surface area contributed by atoms with Gasteiger partial charge in [-0.15, -0.1) is 0 Å². The van der Waals surface area contributed by atoms with Crippen molar-refractivity contribution < 1.29 is 9.59 Å². The van der Waals surface area contributed by atoms with Crippen LogP contribution in [0.2, 0.25) is 0 Å². The number of hydrogen-bond acceptors (Lipinski definition) is 3. The van der Waals surface area contributed by atoms with Gasteiger partial charge in [0.25, 0.3) is 0 Å². The van der Waals surface area contributed by atoms with Crippen molar-refractivity contribution in [2.45, 2.75) is 6.92 Å². The van der Waals surface area contributed by atoms with Crippen LogP contribution in [-0.2, 0) is 0 Å². The highest BCUT2D eigenvalue weighted by Crippen LogP contribution is 2.32. The third kappa shape index (κ3) is 1.76. The van der Waals surface area contributed by atoms with Crippen molar-refractivity contribution in [2.24, 2.45) is 0 Å². The van der Waals surface area contributed by atoms with Gasteiger partial charge in [0.2, 0.25) is 0 Å². The number of benzene rings is 2. The lowest BCUT2D eigenvalue weighted by molar-refractivity contribution is 0.0987. The van der Waals surface area contributed by atoms with E-state index < -0.39 is 0 Å². The third-order valence-electron chi connectivity index (χ3n) is 4.05. The summed E-state index contributed by atoms with van der Waals surface area (Å²) < 4.78 is 0. The van der Waals surface area contributed by atoms with Crippen LogP contribution in [-0.4, -0.2) is 11.6 Å². The van der Waals surface area contributed by atoms with Crippen LogP contribution in [0.15, 0.2) is 59.8 Å². The smallest absolute Gasteiger partial charge is 0.199 e. The highest BCUT2D eigenvalue weighted by atomic mass is 16.2. The van der Waals surface area contributed by atoms with Gasteiger partial charge in [0.15, 0.2) is 11.6 Å². The maximum absolute atomic E-state index is 12.5. The van der Waals surface area contributed by atoms with E-state index in [1.807, 2.05) is 25.1 Å². The van der Waals surface area contributed by atoms with Crippen LogP contribution >= 0.6 is 0 Å². The fourth-order valence-corrected chi connectivity index (χ4v) is 2.94. The number of nitrogens with one attached hydrogen (secondary N) is 1. The Hall–Kier alpha value is -2.94. The number of fused-ring (bicyclic) bond motifs is 2. The minimum absolute atomic E-state index is 0.205. The molecule has 1 aliphatic carbocycles. The van der Waals surface area contributed by atoms with E-state index in [4.69, 9.17) is 0 Å². The lowest BCUT2D eigenvalue weighted by atomic mass is 10.0. The summed E-state index contributed by atoms with van der Waals surface area (Å²) in [5.41, 5.74) is 4.90. The van der Waals surface area contributed by atoms with Crippen molar-refractivity contribution in [3.05, 3.63) is 82.1 Å². The molecule has 0 bridgehead atoms. The van der Waals surface area contributed by atoms with Crippen molar-refractivity contribution in [1.29, 1.82) is 0 Å². The van der Waals surface area contributed by atoms with Gasteiger partial charge in [-0.25, -0.2) is 0 Å². The Morgan fingerprint density at radius 2 is 1.55 bits per heavy atom. The van der Waals surface area contributed by atoms with Crippen LogP contribution in [0.1, 0.15) is 31.8 Å². The molecule has 106 valence electrons. The summed E-state index contributed by atoms with van der Waals surface area (Å²) in [4.78, 5) is 25.0. The summed E-state index contributed by atoms with van der Waals surface area (Å²) in [6.45, 7) is 2.03. The second-order valence-electron chi connectivity index (χ2n) is 5.54. The predicted molar refractivity (Wildman–Crippen MR) is 86.0 cm³/mol. The van der Waals surface area contributed by atoms with Crippen LogP contribution in [0.25, 0.3) is 6.08 Å². The van der Waals surface area contributed by atoms with Gasteiger partial charge in [0.05, 0.1) is 11.3 Å². The van der Waals surface area contributed by atoms with Gasteiger partial charge in [-0.1, -0.05) is 42.0 Å². The number of aryl methyl sites for hydroxylation is 1. The molecule has 0 radical (unpaired) electrons. The third-order valence-corrected chi connectivity index (χ3v) is 4.05. The molecule has 0 fully saturated rings. The van der Waals surface area contributed by atoms with Crippen LogP contribution in [0.3, 0.4) is 0 Å². The summed E-state index contributed by atoms with van der Waals surface area (Å²) in [5.74, 6) is -0.411. The van der Waals surface area contributed by atoms with Crippen molar-refractivity contribution in [3.8, 4) is 0 Å². The van der Waals surface area contributed by atoms with E-state index in [1.165, 1.54) is 5.56 Å². The zero-order valence-electron chi connectivity index (χ0n) is 12.0. The molecule has 0 aromatic heterocycles. The number of carbonyl (C=O) groups is 2. The maximum Gasteiger partial charge on any atom is 0.199 e. The molecule has 0 unspecified atom stereocenters. The number of hydrogen-bond donors (Lipinski definition) is 1. The Bertz CT molecular complexity index is 866. The molecule has 0 amide bonds. The molecule has 22 heavy (non-hydrogen) atoms. The monoisotopic (exact) mass is 287 g/mol. The Labute approximate surface area is 128 Å². The SMILES string of the molecule is Cc1ccc2c(c1)C=CC(=C1C(=O)c3ccccc3C1=O)N2. The molecular formula is C19H13NO2. The minimum Gasteiger partial charge on any atom is -0.354 e. The minimum atomic E-state index is -0.205. The summed E-state index contributed by atoms with van der Waals surface area (Å²) in [5, 5.41) is 3.21. The van der Waals surface area contributed by atoms with Crippen molar-refractivity contribution in [3.63, 3.8) is 0 Å². The first-order valence-corrected chi connectivity index (χ1v) is 7.13. The average molecular weight is 287 g/mol. The highest BCUT2D eigenvalue weighted by molar-refractivity contribution is 6.40. The van der Waals surface area contributed by atoms with Gasteiger partial charge in [-0.3, -0.25) is 9.59 Å². The van der Waals surface area contributed by atoms with Gasteiger partial charge in [0, 0.05) is 16.8 Å². The summed E-state index contributed by atoms with van der Waals surface area (Å²) in [6, 6.07) is 13.0. The average Bonchev–Trinajstić information content (AvgIpc) is 2.79. The zero-order chi connectivity index (χ0) is 15.3. The molecule has 1 aliphatic heterocycles. The summed E-state index contributed by atoms with van der Waals surface area (Å²) in [6.07, 6.45) is 3.74. The lowest BCUT2D eigenvalue weighted by Gasteiger charge is -2.17. The molecule has 4 rings (SSSR count). The van der Waals surface area contributed by atoms with Crippen molar-refractivity contribution in [1.82, 2.24) is 0 Å². The molecule has 0 spiro atoms. The first kappa shape index (κ1) is 12.8. The van der Waals surface area contributed by atoms with Crippen LogP contribution in [0.5, 0.6) is 0 Å². The normalized spacial score (nSPS) is 15.7. The van der Waals surface area contributed by atoms with E-state index in [9.17, 15) is 9.59 Å². The molecule has 0 saturated carbocycles. The zero-order valence-corrected chi connectivity index (χ0v) is 12.0. The van der Waals surface area contributed by atoms with Gasteiger partial charge < -0.3 is 5.32 Å². The molecule has 2 aromatic carbocycles. The summed E-state index contributed by atoms with van der Waals surface area (Å²) in [7, 11) is 0. The second kappa shape index (κ2) is 4.53. The Kier molecular flexibility index (Phi) is 2.63. The Morgan fingerprint density at radius 3 is 2.23 bits per heavy atom. The number of rotatable bonds is 0. The molecule has 0 atom stereocenters. The van der Waals surface area contributed by atoms with E-state index in [1.54, 1.807) is 30.3 Å². The molecule has 3 heteroatoms. The van der Waals surface area contributed by atoms with Crippen molar-refractivity contribution in [2.75, 3.05) is 5.32 Å². The number of anilines is 1. The second-order valence-corrected chi connectivity index (χ2v) is 5.54. The molecule has 3 nitrogen and oxygen atoms in total. The molecular weight excluding hydrogens is 274 g/mol. The number of Topliss-reactive ketones (excluding diaryl/α,β-unsaturated/α-hetero) is 2. The first-order chi connectivity index (χ1) is 10.6. The van der Waals surface area contributed by atoms with Crippen LogP contribution in [0.4, 0.5) is 5.69 Å². The van der Waals surface area contributed by atoms with E-state index in [0.29, 0.717) is 16.8 Å². The maximum atomic E-state index is 12.5. The fraction of sp³-hybridized carbons (Fsp3) is 0.0526. The molecule has 1 heterocycles. The number of ketones is 2. The predicted octanol–water partition coefficient (Wildman–Crippen LogP) is 3.77. The Morgan fingerprint density at radius 1 is 0.864 bits per heavy atom. The largest absolute Gasteiger partial charge is 0.354 e. The van der Waals surface area contributed by atoms with Gasteiger partial charge in [0.1, 0.15) is 0 Å². The highest BCUT2D eigenvalue weighted by Gasteiger charge is 2.35. The molecule has 0 saturated heterocycles. The molecule has 2 aromatic rings. The van der Waals surface area contributed by atoms with Gasteiger partial charge >= 0.3 is 0 Å². The quantitative estimate of drug-likeness (QED) is 0.592. The molecule has 1 N–H and O–H groups in total. The lowest BCUT2D eigenvalue weighted by Crippen LogP contribution is -2.12. The van der Waals surface area contributed by atoms with E-state index in [-0.39, 0.29) is 17.1 Å². The molecule has 2 aliphatic rings. The van der Waals surface area contributed by atoms with Gasteiger partial charge in [-0.05, 0) is 30.7 Å². The van der Waals surface area contributed by atoms with Crippen LogP contribution in [0, 0.1) is 6.92 Å². The van der Waals surface area contributed by atoms with Crippen molar-refractivity contribution >= 4 is 23.3 Å². The fourth-order valence-electron chi connectivity index (χ4n) is 2.94. The summed E-state index contributed by atoms with van der Waals surface area (Å²) >= 11 is 0. The van der Waals surface area contributed by atoms with E-state index >= 15 is 0 Å².